The third-order valence-electron chi connectivity index (χ3n) is 2.83. The van der Waals surface area contributed by atoms with Crippen LogP contribution in [0.1, 0.15) is 32.2 Å². The van der Waals surface area contributed by atoms with Crippen LogP contribution in [-0.2, 0) is 11.8 Å². The summed E-state index contributed by atoms with van der Waals surface area (Å²) >= 11 is 0. The van der Waals surface area contributed by atoms with Crippen molar-refractivity contribution in [1.29, 1.82) is 0 Å². The summed E-state index contributed by atoms with van der Waals surface area (Å²) < 4.78 is 3.23. The van der Waals surface area contributed by atoms with Crippen molar-refractivity contribution in [2.75, 3.05) is 0 Å². The van der Waals surface area contributed by atoms with Crippen molar-refractivity contribution in [1.82, 2.24) is 30.0 Å². The number of tetrazole rings is 1. The molecule has 0 bridgehead atoms. The molecule has 0 amide bonds. The number of aromatic nitrogens is 6. The van der Waals surface area contributed by atoms with Gasteiger partial charge in [0.25, 0.3) is 0 Å². The van der Waals surface area contributed by atoms with Crippen LogP contribution in [0.5, 0.6) is 0 Å². The Labute approximate surface area is 110 Å². The molecule has 0 aliphatic heterocycles. The molecule has 0 aliphatic carbocycles. The van der Waals surface area contributed by atoms with Gasteiger partial charge in [-0.1, -0.05) is 13.3 Å². The van der Waals surface area contributed by atoms with Gasteiger partial charge in [0.15, 0.2) is 5.82 Å². The third kappa shape index (κ3) is 2.95. The Morgan fingerprint density at radius 3 is 2.89 bits per heavy atom. The number of hydrogen-bond acceptors (Lipinski definition) is 5. The summed E-state index contributed by atoms with van der Waals surface area (Å²) in [6.07, 6.45) is 5.04. The highest BCUT2D eigenvalue weighted by Gasteiger charge is 2.21. The maximum absolute atomic E-state index is 10.9. The Bertz CT molecular complexity index is 561. The highest BCUT2D eigenvalue weighted by molar-refractivity contribution is 5.67. The second-order valence-electron chi connectivity index (χ2n) is 4.39. The van der Waals surface area contributed by atoms with Gasteiger partial charge >= 0.3 is 5.97 Å². The lowest BCUT2D eigenvalue weighted by Crippen LogP contribution is -2.16. The molecule has 8 nitrogen and oxygen atoms in total. The minimum absolute atomic E-state index is 0.00609. The normalized spacial score (nSPS) is 12.5. The van der Waals surface area contributed by atoms with Crippen LogP contribution < -0.4 is 0 Å². The zero-order valence-corrected chi connectivity index (χ0v) is 10.9. The molecule has 1 N–H and O–H groups in total. The van der Waals surface area contributed by atoms with Crippen LogP contribution in [0.3, 0.4) is 0 Å². The van der Waals surface area contributed by atoms with Gasteiger partial charge in [-0.25, -0.2) is 4.68 Å². The van der Waals surface area contributed by atoms with Crippen molar-refractivity contribution in [2.24, 2.45) is 7.05 Å². The topological polar surface area (TPSA) is 98.7 Å². The summed E-state index contributed by atoms with van der Waals surface area (Å²) in [4.78, 5) is 10.9. The molecular formula is C11H16N6O2. The molecule has 0 aromatic carbocycles. The Kier molecular flexibility index (Phi) is 3.88. The van der Waals surface area contributed by atoms with E-state index in [1.54, 1.807) is 28.8 Å². The largest absolute Gasteiger partial charge is 0.481 e. The van der Waals surface area contributed by atoms with Gasteiger partial charge in [0.1, 0.15) is 0 Å². The van der Waals surface area contributed by atoms with E-state index in [0.717, 1.165) is 12.0 Å². The van der Waals surface area contributed by atoms with E-state index in [4.69, 9.17) is 5.11 Å². The van der Waals surface area contributed by atoms with Crippen molar-refractivity contribution in [3.63, 3.8) is 0 Å². The maximum Gasteiger partial charge on any atom is 0.305 e. The summed E-state index contributed by atoms with van der Waals surface area (Å²) in [6, 6.07) is -0.243. The number of aryl methyl sites for hydroxylation is 1. The SMILES string of the molecule is CCCC(CC(=O)O)n1nnnc1-c1cnn(C)c1. The molecule has 0 fully saturated rings. The van der Waals surface area contributed by atoms with Crippen LogP contribution in [0, 0.1) is 0 Å². The average Bonchev–Trinajstić information content (AvgIpc) is 2.95. The van der Waals surface area contributed by atoms with Crippen molar-refractivity contribution in [3.8, 4) is 11.4 Å². The summed E-state index contributed by atoms with van der Waals surface area (Å²) in [6.45, 7) is 2.00. The monoisotopic (exact) mass is 264 g/mol. The van der Waals surface area contributed by atoms with E-state index in [1.165, 1.54) is 0 Å². The lowest BCUT2D eigenvalue weighted by molar-refractivity contribution is -0.138. The minimum Gasteiger partial charge on any atom is -0.481 e. The molecular weight excluding hydrogens is 248 g/mol. The van der Waals surface area contributed by atoms with E-state index in [0.29, 0.717) is 12.2 Å². The summed E-state index contributed by atoms with van der Waals surface area (Å²) in [7, 11) is 1.80. The van der Waals surface area contributed by atoms with E-state index >= 15 is 0 Å². The minimum atomic E-state index is -0.855. The van der Waals surface area contributed by atoms with Crippen LogP contribution in [0.25, 0.3) is 11.4 Å². The quantitative estimate of drug-likeness (QED) is 0.831. The van der Waals surface area contributed by atoms with Gasteiger partial charge in [-0.05, 0) is 16.8 Å². The van der Waals surface area contributed by atoms with Crippen LogP contribution >= 0.6 is 0 Å². The maximum atomic E-state index is 10.9. The fraction of sp³-hybridized carbons (Fsp3) is 0.545. The molecule has 0 saturated carbocycles. The number of carbonyl (C=O) groups is 1. The number of carboxylic acid groups (broad SMARTS) is 1. The van der Waals surface area contributed by atoms with E-state index in [9.17, 15) is 4.79 Å². The Balaban J connectivity index is 2.33. The van der Waals surface area contributed by atoms with Crippen molar-refractivity contribution < 1.29 is 9.90 Å². The second-order valence-corrected chi connectivity index (χ2v) is 4.39. The molecule has 8 heteroatoms. The van der Waals surface area contributed by atoms with Crippen LogP contribution in [0.4, 0.5) is 0 Å². The van der Waals surface area contributed by atoms with E-state index in [1.807, 2.05) is 6.92 Å². The first-order valence-corrected chi connectivity index (χ1v) is 6.10. The van der Waals surface area contributed by atoms with E-state index in [-0.39, 0.29) is 12.5 Å². The highest BCUT2D eigenvalue weighted by Crippen LogP contribution is 2.23. The molecule has 1 atom stereocenters. The number of carboxylic acids is 1. The van der Waals surface area contributed by atoms with Gasteiger partial charge in [0, 0.05) is 13.2 Å². The first kappa shape index (κ1) is 13.2. The van der Waals surface area contributed by atoms with Gasteiger partial charge in [-0.3, -0.25) is 9.48 Å². The Hall–Kier alpha value is -2.25. The number of rotatable bonds is 6. The van der Waals surface area contributed by atoms with E-state index < -0.39 is 5.97 Å². The number of nitrogens with zero attached hydrogens (tertiary/aromatic N) is 6. The van der Waals surface area contributed by atoms with Crippen LogP contribution in [0.2, 0.25) is 0 Å². The zero-order chi connectivity index (χ0) is 13.8. The molecule has 0 radical (unpaired) electrons. The van der Waals surface area contributed by atoms with Crippen LogP contribution in [0.15, 0.2) is 12.4 Å². The van der Waals surface area contributed by atoms with Crippen molar-refractivity contribution in [2.45, 2.75) is 32.2 Å². The molecule has 0 aliphatic rings. The highest BCUT2D eigenvalue weighted by atomic mass is 16.4. The van der Waals surface area contributed by atoms with Gasteiger partial charge in [-0.15, -0.1) is 5.10 Å². The van der Waals surface area contributed by atoms with Gasteiger partial charge in [-0.2, -0.15) is 5.10 Å². The molecule has 19 heavy (non-hydrogen) atoms. The third-order valence-corrected chi connectivity index (χ3v) is 2.83. The summed E-state index contributed by atoms with van der Waals surface area (Å²) in [5.41, 5.74) is 0.777. The lowest BCUT2D eigenvalue weighted by Gasteiger charge is -2.14. The molecule has 2 heterocycles. The molecule has 0 saturated heterocycles. The summed E-state index contributed by atoms with van der Waals surface area (Å²) in [5, 5.41) is 24.6. The van der Waals surface area contributed by atoms with Gasteiger partial charge in [0.05, 0.1) is 24.2 Å². The summed E-state index contributed by atoms with van der Waals surface area (Å²) in [5.74, 6) is -0.307. The van der Waals surface area contributed by atoms with Crippen LogP contribution in [-0.4, -0.2) is 41.1 Å². The first-order valence-electron chi connectivity index (χ1n) is 6.10. The Morgan fingerprint density at radius 1 is 1.53 bits per heavy atom. The fourth-order valence-electron chi connectivity index (χ4n) is 2.01. The van der Waals surface area contributed by atoms with Crippen molar-refractivity contribution in [3.05, 3.63) is 12.4 Å². The first-order chi connectivity index (χ1) is 9.11. The standard InChI is InChI=1S/C11H16N6O2/c1-3-4-9(5-10(18)19)17-11(13-14-15-17)8-6-12-16(2)7-8/h6-7,9H,3-5H2,1-2H3,(H,18,19). The molecule has 0 spiro atoms. The molecule has 1 unspecified atom stereocenters. The molecule has 2 aromatic heterocycles. The predicted octanol–water partition coefficient (Wildman–Crippen LogP) is 0.889. The van der Waals surface area contributed by atoms with E-state index in [2.05, 4.69) is 20.6 Å². The number of hydrogen-bond donors (Lipinski definition) is 1. The smallest absolute Gasteiger partial charge is 0.305 e. The van der Waals surface area contributed by atoms with Gasteiger partial charge < -0.3 is 5.11 Å². The fourth-order valence-corrected chi connectivity index (χ4v) is 2.01. The predicted molar refractivity (Wildman–Crippen MR) is 66.2 cm³/mol. The zero-order valence-electron chi connectivity index (χ0n) is 10.9. The lowest BCUT2D eigenvalue weighted by atomic mass is 10.1. The van der Waals surface area contributed by atoms with Gasteiger partial charge in [0.2, 0.25) is 0 Å². The average molecular weight is 264 g/mol. The Morgan fingerprint density at radius 2 is 2.32 bits per heavy atom. The molecule has 102 valence electrons. The van der Waals surface area contributed by atoms with Crippen molar-refractivity contribution >= 4 is 5.97 Å². The second kappa shape index (κ2) is 5.59. The molecule has 2 rings (SSSR count). The number of aliphatic carboxylic acids is 1. The molecule has 2 aromatic rings.